The second-order valence-electron chi connectivity index (χ2n) is 3.58. The van der Waals surface area contributed by atoms with Gasteiger partial charge in [-0.05, 0) is 13.0 Å². The third kappa shape index (κ3) is 5.19. The number of halogens is 1. The first-order valence-corrected chi connectivity index (χ1v) is 4.34. The molecule has 0 amide bonds. The Kier molecular flexibility index (Phi) is 4.98. The summed E-state index contributed by atoms with van der Waals surface area (Å²) >= 11 is 5.30. The van der Waals surface area contributed by atoms with Crippen molar-refractivity contribution in [2.75, 3.05) is 6.61 Å². The lowest BCUT2D eigenvalue weighted by atomic mass is 9.91. The summed E-state index contributed by atoms with van der Waals surface area (Å²) in [5.41, 5.74) is 2.47. The zero-order valence-electron chi connectivity index (χ0n) is 8.10. The van der Waals surface area contributed by atoms with Gasteiger partial charge in [-0.15, -0.1) is 0 Å². The van der Waals surface area contributed by atoms with Gasteiger partial charge < -0.3 is 4.84 Å². The fraction of sp³-hybridized carbons (Fsp3) is 0.667. The van der Waals surface area contributed by atoms with Crippen LogP contribution in [0.15, 0.2) is 16.8 Å². The van der Waals surface area contributed by atoms with E-state index < -0.39 is 0 Å². The van der Waals surface area contributed by atoms with Crippen molar-refractivity contribution in [3.05, 3.63) is 11.6 Å². The Labute approximate surface area is 79.2 Å². The first kappa shape index (κ1) is 11.5. The largest absolute Gasteiger partial charge is 0.392 e. The first-order valence-electron chi connectivity index (χ1n) is 3.90. The summed E-state index contributed by atoms with van der Waals surface area (Å²) in [6, 6.07) is 0. The summed E-state index contributed by atoms with van der Waals surface area (Å²) in [5, 5.41) is 3.94. The van der Waals surface area contributed by atoms with Gasteiger partial charge in [0.2, 0.25) is 0 Å². The number of hydrogen-bond acceptors (Lipinski definition) is 2. The van der Waals surface area contributed by atoms with E-state index in [0.717, 1.165) is 5.71 Å². The molecular weight excluding hydrogens is 174 g/mol. The zero-order chi connectivity index (χ0) is 9.61. The van der Waals surface area contributed by atoms with E-state index >= 15 is 0 Å². The molecule has 0 rings (SSSR count). The number of hydrogen-bond donors (Lipinski definition) is 0. The molecule has 0 aromatic heterocycles. The van der Waals surface area contributed by atoms with Crippen LogP contribution in [0.5, 0.6) is 0 Å². The summed E-state index contributed by atoms with van der Waals surface area (Å²) in [5.74, 6) is 0. The molecule has 0 aromatic carbocycles. The Morgan fingerprint density at radius 3 is 2.50 bits per heavy atom. The summed E-state index contributed by atoms with van der Waals surface area (Å²) in [6.45, 7) is 8.65. The van der Waals surface area contributed by atoms with Crippen molar-refractivity contribution in [1.82, 2.24) is 0 Å². The topological polar surface area (TPSA) is 21.6 Å². The van der Waals surface area contributed by atoms with Crippen molar-refractivity contribution in [3.63, 3.8) is 0 Å². The van der Waals surface area contributed by atoms with E-state index in [1.165, 1.54) is 5.54 Å². The normalized spacial score (nSPS) is 13.9. The SMILES string of the molecule is C/C(=N\OC/C=C/Cl)C(C)(C)C. The van der Waals surface area contributed by atoms with Crippen LogP contribution in [0.4, 0.5) is 0 Å². The van der Waals surface area contributed by atoms with Crippen LogP contribution in [0.1, 0.15) is 27.7 Å². The van der Waals surface area contributed by atoms with E-state index in [2.05, 4.69) is 25.9 Å². The molecule has 0 aliphatic carbocycles. The smallest absolute Gasteiger partial charge is 0.136 e. The monoisotopic (exact) mass is 189 g/mol. The van der Waals surface area contributed by atoms with E-state index in [1.807, 2.05) is 6.92 Å². The van der Waals surface area contributed by atoms with E-state index in [-0.39, 0.29) is 5.41 Å². The van der Waals surface area contributed by atoms with Crippen molar-refractivity contribution in [3.8, 4) is 0 Å². The Hall–Kier alpha value is -0.500. The molecule has 0 spiro atoms. The lowest BCUT2D eigenvalue weighted by Crippen LogP contribution is -2.17. The highest BCUT2D eigenvalue weighted by molar-refractivity contribution is 6.25. The summed E-state index contributed by atoms with van der Waals surface area (Å²) in [6.07, 6.45) is 1.70. The van der Waals surface area contributed by atoms with Crippen molar-refractivity contribution in [2.45, 2.75) is 27.7 Å². The maximum atomic E-state index is 5.30. The van der Waals surface area contributed by atoms with Crippen molar-refractivity contribution in [1.29, 1.82) is 0 Å². The third-order valence-electron chi connectivity index (χ3n) is 1.55. The standard InChI is InChI=1S/C9H16ClNO/c1-8(9(2,3)4)11-12-7-5-6-10/h5-6H,7H2,1-4H3/b6-5+,11-8+. The minimum absolute atomic E-state index is 0.0741. The summed E-state index contributed by atoms with van der Waals surface area (Å²) in [4.78, 5) is 4.98. The fourth-order valence-electron chi connectivity index (χ4n) is 0.350. The number of nitrogens with zero attached hydrogens (tertiary/aromatic N) is 1. The molecule has 0 heterocycles. The molecule has 0 saturated carbocycles. The second-order valence-corrected chi connectivity index (χ2v) is 3.84. The molecule has 2 nitrogen and oxygen atoms in total. The Morgan fingerprint density at radius 2 is 2.08 bits per heavy atom. The molecule has 0 bridgehead atoms. The van der Waals surface area contributed by atoms with Gasteiger partial charge in [0, 0.05) is 11.0 Å². The molecule has 0 aliphatic heterocycles. The molecule has 12 heavy (non-hydrogen) atoms. The lowest BCUT2D eigenvalue weighted by molar-refractivity contribution is 0.171. The van der Waals surface area contributed by atoms with E-state index in [0.29, 0.717) is 6.61 Å². The van der Waals surface area contributed by atoms with Crippen LogP contribution in [0.25, 0.3) is 0 Å². The summed E-state index contributed by atoms with van der Waals surface area (Å²) in [7, 11) is 0. The molecule has 0 N–H and O–H groups in total. The Bertz CT molecular complexity index is 179. The maximum Gasteiger partial charge on any atom is 0.136 e. The van der Waals surface area contributed by atoms with Crippen LogP contribution in [0, 0.1) is 5.41 Å². The fourth-order valence-corrected chi connectivity index (χ4v) is 0.423. The predicted octanol–water partition coefficient (Wildman–Crippen LogP) is 3.18. The van der Waals surface area contributed by atoms with Crippen LogP contribution in [0.2, 0.25) is 0 Å². The number of oxime groups is 1. The molecule has 0 aromatic rings. The Balaban J connectivity index is 3.85. The quantitative estimate of drug-likeness (QED) is 0.380. The predicted molar refractivity (Wildman–Crippen MR) is 53.5 cm³/mol. The molecule has 0 unspecified atom stereocenters. The number of rotatable bonds is 3. The molecule has 3 heteroatoms. The molecule has 0 saturated heterocycles. The van der Waals surface area contributed by atoms with E-state index in [4.69, 9.17) is 16.4 Å². The molecule has 0 aliphatic rings. The average molecular weight is 190 g/mol. The molecule has 0 radical (unpaired) electrons. The molecule has 0 atom stereocenters. The lowest BCUT2D eigenvalue weighted by Gasteiger charge is -2.16. The average Bonchev–Trinajstić information content (AvgIpc) is 1.96. The Morgan fingerprint density at radius 1 is 1.50 bits per heavy atom. The summed E-state index contributed by atoms with van der Waals surface area (Å²) < 4.78 is 0. The minimum Gasteiger partial charge on any atom is -0.392 e. The van der Waals surface area contributed by atoms with Gasteiger partial charge in [-0.2, -0.15) is 0 Å². The van der Waals surface area contributed by atoms with Crippen molar-refractivity contribution >= 4 is 17.3 Å². The van der Waals surface area contributed by atoms with Crippen molar-refractivity contribution < 1.29 is 4.84 Å². The third-order valence-corrected chi connectivity index (χ3v) is 1.72. The van der Waals surface area contributed by atoms with Crippen LogP contribution < -0.4 is 0 Å². The van der Waals surface area contributed by atoms with Gasteiger partial charge in [0.15, 0.2) is 0 Å². The first-order chi connectivity index (χ1) is 5.48. The van der Waals surface area contributed by atoms with Crippen LogP contribution in [0.3, 0.4) is 0 Å². The van der Waals surface area contributed by atoms with Gasteiger partial charge in [0.1, 0.15) is 6.61 Å². The van der Waals surface area contributed by atoms with Crippen LogP contribution in [-0.4, -0.2) is 12.3 Å². The second kappa shape index (κ2) is 5.20. The van der Waals surface area contributed by atoms with Gasteiger partial charge >= 0.3 is 0 Å². The zero-order valence-corrected chi connectivity index (χ0v) is 8.85. The van der Waals surface area contributed by atoms with Gasteiger partial charge in [0.25, 0.3) is 0 Å². The highest BCUT2D eigenvalue weighted by atomic mass is 35.5. The van der Waals surface area contributed by atoms with Gasteiger partial charge in [-0.3, -0.25) is 0 Å². The molecular formula is C9H16ClNO. The van der Waals surface area contributed by atoms with Gasteiger partial charge in [-0.25, -0.2) is 0 Å². The maximum absolute atomic E-state index is 5.30. The highest BCUT2D eigenvalue weighted by Gasteiger charge is 2.14. The van der Waals surface area contributed by atoms with E-state index in [1.54, 1.807) is 6.08 Å². The van der Waals surface area contributed by atoms with Gasteiger partial charge in [-0.1, -0.05) is 37.5 Å². The molecule has 70 valence electrons. The van der Waals surface area contributed by atoms with Crippen molar-refractivity contribution in [2.24, 2.45) is 10.6 Å². The molecule has 0 fully saturated rings. The minimum atomic E-state index is 0.0741. The van der Waals surface area contributed by atoms with E-state index in [9.17, 15) is 0 Å². The van der Waals surface area contributed by atoms with Crippen LogP contribution >= 0.6 is 11.6 Å². The van der Waals surface area contributed by atoms with Gasteiger partial charge in [0.05, 0.1) is 5.71 Å². The highest BCUT2D eigenvalue weighted by Crippen LogP contribution is 2.15. The van der Waals surface area contributed by atoms with Crippen LogP contribution in [-0.2, 0) is 4.84 Å².